The van der Waals surface area contributed by atoms with Crippen LogP contribution >= 0.6 is 24.1 Å². The van der Waals surface area contributed by atoms with E-state index in [1.165, 1.54) is 6.07 Å². The molecule has 0 spiro atoms. The lowest BCUT2D eigenvalue weighted by Crippen LogP contribution is -2.37. The van der Waals surface area contributed by atoms with Crippen molar-refractivity contribution in [2.75, 3.05) is 13.6 Å². The van der Waals surface area contributed by atoms with E-state index in [0.717, 1.165) is 11.7 Å². The van der Waals surface area contributed by atoms with Gasteiger partial charge in [-0.25, -0.2) is 13.1 Å². The number of likely N-dealkylation sites (N-methyl/N-ethyl adjacent to an activating group) is 1. The third-order valence-corrected chi connectivity index (χ3v) is 4.61. The third-order valence-electron chi connectivity index (χ3n) is 2.61. The molecule has 19 heavy (non-hydrogen) atoms. The van der Waals surface area contributed by atoms with Gasteiger partial charge in [-0.15, -0.1) is 12.4 Å². The van der Waals surface area contributed by atoms with E-state index in [9.17, 15) is 8.42 Å². The molecule has 2 aromatic rings. The molecular formula is C10H15ClN4O2S2. The van der Waals surface area contributed by atoms with Gasteiger partial charge in [0.2, 0.25) is 10.0 Å². The van der Waals surface area contributed by atoms with Crippen LogP contribution in [0.25, 0.3) is 11.0 Å². The minimum absolute atomic E-state index is 0. The predicted molar refractivity (Wildman–Crippen MR) is 78.4 cm³/mol. The van der Waals surface area contributed by atoms with E-state index in [-0.39, 0.29) is 23.3 Å². The molecule has 1 heterocycles. The molecule has 0 fully saturated rings. The maximum atomic E-state index is 12.2. The van der Waals surface area contributed by atoms with Crippen molar-refractivity contribution in [1.29, 1.82) is 0 Å². The third kappa shape index (κ3) is 3.61. The van der Waals surface area contributed by atoms with Crippen LogP contribution in [0.4, 0.5) is 0 Å². The minimum atomic E-state index is -3.55. The summed E-state index contributed by atoms with van der Waals surface area (Å²) >= 11 is 1.01. The zero-order valence-electron chi connectivity index (χ0n) is 10.5. The zero-order chi connectivity index (χ0) is 13.2. The molecule has 2 rings (SSSR count). The summed E-state index contributed by atoms with van der Waals surface area (Å²) in [5.74, 6) is 0. The molecule has 106 valence electrons. The molecule has 0 aliphatic heterocycles. The van der Waals surface area contributed by atoms with Crippen molar-refractivity contribution in [1.82, 2.24) is 18.8 Å². The van der Waals surface area contributed by atoms with Crippen molar-refractivity contribution in [3.63, 3.8) is 0 Å². The number of rotatable bonds is 5. The van der Waals surface area contributed by atoms with Gasteiger partial charge in [-0.05, 0) is 26.1 Å². The highest BCUT2D eigenvalue weighted by Crippen LogP contribution is 2.20. The van der Waals surface area contributed by atoms with Gasteiger partial charge in [-0.1, -0.05) is 6.07 Å². The van der Waals surface area contributed by atoms with Gasteiger partial charge in [0.05, 0.1) is 11.7 Å². The first-order valence-electron chi connectivity index (χ1n) is 5.43. The molecule has 0 bridgehead atoms. The van der Waals surface area contributed by atoms with E-state index in [1.807, 2.05) is 6.92 Å². The lowest BCUT2D eigenvalue weighted by atomic mass is 10.3. The Morgan fingerprint density at radius 3 is 2.79 bits per heavy atom. The summed E-state index contributed by atoms with van der Waals surface area (Å²) < 4.78 is 34.9. The maximum Gasteiger partial charge on any atom is 0.242 e. The number of nitrogens with zero attached hydrogens (tertiary/aromatic N) is 2. The Kier molecular flexibility index (Phi) is 5.63. The molecule has 1 unspecified atom stereocenters. The second-order valence-electron chi connectivity index (χ2n) is 3.93. The summed E-state index contributed by atoms with van der Waals surface area (Å²) in [6.07, 6.45) is 0. The number of hydrogen-bond donors (Lipinski definition) is 2. The largest absolute Gasteiger partial charge is 0.316 e. The van der Waals surface area contributed by atoms with Crippen LogP contribution in [0.3, 0.4) is 0 Å². The molecule has 0 aliphatic rings. The van der Waals surface area contributed by atoms with E-state index in [2.05, 4.69) is 18.8 Å². The van der Waals surface area contributed by atoms with E-state index in [4.69, 9.17) is 0 Å². The second-order valence-corrected chi connectivity index (χ2v) is 6.19. The first-order valence-corrected chi connectivity index (χ1v) is 7.64. The molecule has 0 saturated carbocycles. The highest BCUT2D eigenvalue weighted by atomic mass is 35.5. The average Bonchev–Trinajstić information content (AvgIpc) is 2.83. The number of sulfonamides is 1. The van der Waals surface area contributed by atoms with E-state index in [0.29, 0.717) is 17.6 Å². The van der Waals surface area contributed by atoms with Crippen LogP contribution in [0.5, 0.6) is 0 Å². The molecule has 0 aliphatic carbocycles. The average molecular weight is 323 g/mol. The van der Waals surface area contributed by atoms with Crippen molar-refractivity contribution in [3.8, 4) is 0 Å². The summed E-state index contributed by atoms with van der Waals surface area (Å²) in [6, 6.07) is 5.01. The molecule has 6 nitrogen and oxygen atoms in total. The van der Waals surface area contributed by atoms with Crippen molar-refractivity contribution >= 4 is 45.2 Å². The summed E-state index contributed by atoms with van der Waals surface area (Å²) in [7, 11) is -1.77. The fraction of sp³-hybridized carbons (Fsp3) is 0.400. The van der Waals surface area contributed by atoms with Crippen LogP contribution in [0.15, 0.2) is 23.1 Å². The zero-order valence-corrected chi connectivity index (χ0v) is 12.9. The lowest BCUT2D eigenvalue weighted by Gasteiger charge is -2.11. The van der Waals surface area contributed by atoms with Gasteiger partial charge in [0.1, 0.15) is 15.9 Å². The lowest BCUT2D eigenvalue weighted by molar-refractivity contribution is 0.555. The van der Waals surface area contributed by atoms with Crippen LogP contribution in [0.2, 0.25) is 0 Å². The van der Waals surface area contributed by atoms with E-state index >= 15 is 0 Å². The van der Waals surface area contributed by atoms with Crippen LogP contribution in [0, 0.1) is 0 Å². The topological polar surface area (TPSA) is 84.0 Å². The van der Waals surface area contributed by atoms with E-state index < -0.39 is 10.0 Å². The molecule has 1 aromatic carbocycles. The van der Waals surface area contributed by atoms with Gasteiger partial charge in [0.15, 0.2) is 0 Å². The van der Waals surface area contributed by atoms with Gasteiger partial charge in [-0.3, -0.25) is 0 Å². The fourth-order valence-corrected chi connectivity index (χ4v) is 3.31. The Morgan fingerprint density at radius 2 is 2.11 bits per heavy atom. The number of nitrogens with one attached hydrogen (secondary N) is 2. The number of benzene rings is 1. The van der Waals surface area contributed by atoms with Crippen LogP contribution in [-0.4, -0.2) is 36.8 Å². The van der Waals surface area contributed by atoms with Crippen molar-refractivity contribution < 1.29 is 8.42 Å². The standard InChI is InChI=1S/C10H14N4O2S2.ClH/c1-7(11-2)6-12-18(15,16)9-5-3-4-8-10(9)14-17-13-8;/h3-5,7,11-12H,6H2,1-2H3;1H. The molecule has 1 aromatic heterocycles. The first kappa shape index (κ1) is 16.3. The Hall–Kier alpha value is -0.800. The maximum absolute atomic E-state index is 12.2. The fourth-order valence-electron chi connectivity index (χ4n) is 1.41. The molecule has 0 radical (unpaired) electrons. The Labute approximate surface area is 122 Å². The summed E-state index contributed by atoms with van der Waals surface area (Å²) in [4.78, 5) is 0.178. The van der Waals surface area contributed by atoms with Crippen LogP contribution in [-0.2, 0) is 10.0 Å². The summed E-state index contributed by atoms with van der Waals surface area (Å²) in [5, 5.41) is 2.97. The van der Waals surface area contributed by atoms with Crippen molar-refractivity contribution in [2.24, 2.45) is 0 Å². The number of hydrogen-bond acceptors (Lipinski definition) is 6. The molecular weight excluding hydrogens is 308 g/mol. The number of fused-ring (bicyclic) bond motifs is 1. The highest BCUT2D eigenvalue weighted by molar-refractivity contribution is 7.89. The van der Waals surface area contributed by atoms with Gasteiger partial charge in [-0.2, -0.15) is 8.75 Å². The number of halogens is 1. The smallest absolute Gasteiger partial charge is 0.242 e. The minimum Gasteiger partial charge on any atom is -0.316 e. The first-order chi connectivity index (χ1) is 8.54. The van der Waals surface area contributed by atoms with Gasteiger partial charge >= 0.3 is 0 Å². The van der Waals surface area contributed by atoms with E-state index in [1.54, 1.807) is 19.2 Å². The van der Waals surface area contributed by atoms with Crippen molar-refractivity contribution in [2.45, 2.75) is 17.9 Å². The SMILES string of the molecule is CNC(C)CNS(=O)(=O)c1cccc2nsnc12.Cl. The van der Waals surface area contributed by atoms with Gasteiger partial charge in [0, 0.05) is 12.6 Å². The normalized spacial score (nSPS) is 13.2. The molecule has 0 saturated heterocycles. The molecule has 9 heteroatoms. The molecule has 2 N–H and O–H groups in total. The van der Waals surface area contributed by atoms with Gasteiger partial charge < -0.3 is 5.32 Å². The van der Waals surface area contributed by atoms with Crippen molar-refractivity contribution in [3.05, 3.63) is 18.2 Å². The summed E-state index contributed by atoms with van der Waals surface area (Å²) in [6.45, 7) is 2.22. The highest BCUT2D eigenvalue weighted by Gasteiger charge is 2.19. The second kappa shape index (κ2) is 6.58. The van der Waals surface area contributed by atoms with Crippen LogP contribution in [0.1, 0.15) is 6.92 Å². The van der Waals surface area contributed by atoms with Gasteiger partial charge in [0.25, 0.3) is 0 Å². The molecule has 0 amide bonds. The summed E-state index contributed by atoms with van der Waals surface area (Å²) in [5.41, 5.74) is 1.02. The predicted octanol–water partition coefficient (Wildman–Crippen LogP) is 0.999. The Bertz CT molecular complexity index is 644. The number of aromatic nitrogens is 2. The monoisotopic (exact) mass is 322 g/mol. The quantitative estimate of drug-likeness (QED) is 0.858. The Morgan fingerprint density at radius 1 is 1.37 bits per heavy atom. The van der Waals surface area contributed by atoms with Crippen LogP contribution < -0.4 is 10.0 Å². The Balaban J connectivity index is 0.00000180. The molecule has 1 atom stereocenters.